The third-order valence-corrected chi connectivity index (χ3v) is 7.69. The number of aliphatic hydroxyl groups is 1. The molecule has 36 heavy (non-hydrogen) atoms. The number of carbonyl (C=O) groups is 3. The van der Waals surface area contributed by atoms with E-state index in [2.05, 4.69) is 11.4 Å². The molecule has 1 saturated carbocycles. The van der Waals surface area contributed by atoms with Crippen molar-refractivity contribution in [1.29, 1.82) is 5.26 Å². The first-order chi connectivity index (χ1) is 17.2. The van der Waals surface area contributed by atoms with E-state index >= 15 is 0 Å². The molecule has 5 rings (SSSR count). The first kappa shape index (κ1) is 23.9. The SMILES string of the molecule is CN(C(=O)[C@H](O)c1ccc(F)cc1)[C@@H](CC1CC1)C(=O)N1C[C@]2(C[C@H]1C#N)C(=O)Nc1ccccc12. The zero-order chi connectivity index (χ0) is 25.6. The molecule has 3 amide bonds. The quantitative estimate of drug-likeness (QED) is 0.646. The van der Waals surface area contributed by atoms with Gasteiger partial charge in [0.05, 0.1) is 11.5 Å². The topological polar surface area (TPSA) is 114 Å². The van der Waals surface area contributed by atoms with Gasteiger partial charge in [-0.3, -0.25) is 14.4 Å². The van der Waals surface area contributed by atoms with Crippen LogP contribution in [0.5, 0.6) is 0 Å². The number of hydrogen-bond acceptors (Lipinski definition) is 5. The predicted octanol–water partition coefficient (Wildman–Crippen LogP) is 2.50. The molecule has 4 atom stereocenters. The lowest BCUT2D eigenvalue weighted by Crippen LogP contribution is -2.52. The fourth-order valence-electron chi connectivity index (χ4n) is 5.41. The van der Waals surface area contributed by atoms with Crippen molar-refractivity contribution in [3.05, 3.63) is 65.5 Å². The monoisotopic (exact) mass is 490 g/mol. The highest BCUT2D eigenvalue weighted by Crippen LogP contribution is 2.47. The predicted molar refractivity (Wildman–Crippen MR) is 128 cm³/mol. The van der Waals surface area contributed by atoms with E-state index in [-0.39, 0.29) is 30.4 Å². The van der Waals surface area contributed by atoms with Gasteiger partial charge in [-0.25, -0.2) is 4.39 Å². The molecule has 3 aliphatic rings. The number of carbonyl (C=O) groups excluding carboxylic acids is 3. The standard InChI is InChI=1S/C27H27FN4O4/c1-31(25(35)23(33)17-8-10-18(28)11-9-17)22(12-16-6-7-16)24(34)32-15-27(13-19(32)14-29)20-4-2-3-5-21(20)30-26(27)36/h2-5,8-11,16,19,22-23,33H,6-7,12-13,15H2,1H3,(H,30,36)/t19-,22-,23+,27-/m0/s1. The fraction of sp³-hybridized carbons (Fsp3) is 0.407. The summed E-state index contributed by atoms with van der Waals surface area (Å²) in [7, 11) is 1.46. The Morgan fingerprint density at radius 1 is 1.25 bits per heavy atom. The number of aliphatic hydroxyl groups excluding tert-OH is 1. The van der Waals surface area contributed by atoms with Crippen LogP contribution in [0.2, 0.25) is 0 Å². The van der Waals surface area contributed by atoms with E-state index in [0.29, 0.717) is 12.1 Å². The molecule has 186 valence electrons. The van der Waals surface area contributed by atoms with Crippen molar-refractivity contribution < 1.29 is 23.9 Å². The first-order valence-electron chi connectivity index (χ1n) is 12.1. The molecule has 1 saturated heterocycles. The van der Waals surface area contributed by atoms with E-state index < -0.39 is 41.2 Å². The van der Waals surface area contributed by atoms with Gasteiger partial charge in [0.15, 0.2) is 6.10 Å². The molecule has 8 nitrogen and oxygen atoms in total. The summed E-state index contributed by atoms with van der Waals surface area (Å²) in [6.45, 7) is 0.0383. The summed E-state index contributed by atoms with van der Waals surface area (Å²) in [5.74, 6) is -1.56. The highest BCUT2D eigenvalue weighted by molar-refractivity contribution is 6.07. The second kappa shape index (κ2) is 9.03. The number of benzene rings is 2. The number of para-hydroxylation sites is 1. The second-order valence-corrected chi connectivity index (χ2v) is 10.00. The van der Waals surface area contributed by atoms with Gasteiger partial charge in [-0.05, 0) is 41.7 Å². The number of nitrogens with one attached hydrogen (secondary N) is 1. The summed E-state index contributed by atoms with van der Waals surface area (Å²) in [6.07, 6.45) is 0.891. The van der Waals surface area contributed by atoms with Crippen molar-refractivity contribution in [3.63, 3.8) is 0 Å². The van der Waals surface area contributed by atoms with Crippen LogP contribution >= 0.6 is 0 Å². The van der Waals surface area contributed by atoms with E-state index in [0.717, 1.165) is 30.5 Å². The van der Waals surface area contributed by atoms with Crippen LogP contribution in [0.3, 0.4) is 0 Å². The number of likely N-dealkylation sites (N-methyl/N-ethyl adjacent to an activating group) is 1. The van der Waals surface area contributed by atoms with Crippen LogP contribution in [0.1, 0.15) is 42.9 Å². The number of nitriles is 1. The fourth-order valence-corrected chi connectivity index (χ4v) is 5.41. The van der Waals surface area contributed by atoms with E-state index in [1.54, 1.807) is 6.07 Å². The molecular weight excluding hydrogens is 463 g/mol. The number of likely N-dealkylation sites (tertiary alicyclic amines) is 1. The Morgan fingerprint density at radius 3 is 2.61 bits per heavy atom. The number of nitrogens with zero attached hydrogens (tertiary/aromatic N) is 3. The van der Waals surface area contributed by atoms with Crippen LogP contribution in [0.15, 0.2) is 48.5 Å². The normalized spacial score (nSPS) is 24.1. The molecule has 2 fully saturated rings. The summed E-state index contributed by atoms with van der Waals surface area (Å²) in [5, 5.41) is 23.5. The van der Waals surface area contributed by atoms with Crippen LogP contribution in [0.25, 0.3) is 0 Å². The molecule has 2 aromatic rings. The molecule has 0 unspecified atom stereocenters. The summed E-state index contributed by atoms with van der Waals surface area (Å²) in [6, 6.07) is 12.7. The zero-order valence-electron chi connectivity index (χ0n) is 19.9. The van der Waals surface area contributed by atoms with Crippen molar-refractivity contribution in [2.45, 2.75) is 49.3 Å². The van der Waals surface area contributed by atoms with Gasteiger partial charge in [-0.1, -0.05) is 43.2 Å². The maximum Gasteiger partial charge on any atom is 0.256 e. The van der Waals surface area contributed by atoms with Gasteiger partial charge in [0.1, 0.15) is 17.9 Å². The Kier molecular flexibility index (Phi) is 6.00. The summed E-state index contributed by atoms with van der Waals surface area (Å²) >= 11 is 0. The molecule has 0 aromatic heterocycles. The van der Waals surface area contributed by atoms with Gasteiger partial charge in [0.2, 0.25) is 11.8 Å². The van der Waals surface area contributed by atoms with Gasteiger partial charge in [0, 0.05) is 25.7 Å². The van der Waals surface area contributed by atoms with Gasteiger partial charge in [-0.2, -0.15) is 5.26 Å². The molecular formula is C27H27FN4O4. The minimum absolute atomic E-state index is 0.0383. The molecule has 1 aliphatic carbocycles. The minimum atomic E-state index is -1.56. The Bertz CT molecular complexity index is 1260. The van der Waals surface area contributed by atoms with Crippen LogP contribution in [0.4, 0.5) is 10.1 Å². The smallest absolute Gasteiger partial charge is 0.256 e. The highest BCUT2D eigenvalue weighted by atomic mass is 19.1. The highest BCUT2D eigenvalue weighted by Gasteiger charge is 2.57. The second-order valence-electron chi connectivity index (χ2n) is 10.00. The molecule has 2 aliphatic heterocycles. The molecule has 2 heterocycles. The number of fused-ring (bicyclic) bond motifs is 2. The van der Waals surface area contributed by atoms with Crippen molar-refractivity contribution in [2.75, 3.05) is 18.9 Å². The third-order valence-electron chi connectivity index (χ3n) is 7.69. The Hall–Kier alpha value is -3.77. The molecule has 0 bridgehead atoms. The van der Waals surface area contributed by atoms with Crippen molar-refractivity contribution in [1.82, 2.24) is 9.80 Å². The van der Waals surface area contributed by atoms with E-state index in [1.807, 2.05) is 18.2 Å². The van der Waals surface area contributed by atoms with Gasteiger partial charge in [0.25, 0.3) is 5.91 Å². The average Bonchev–Trinajstić information content (AvgIpc) is 3.56. The van der Waals surface area contributed by atoms with Crippen molar-refractivity contribution >= 4 is 23.4 Å². The lowest BCUT2D eigenvalue weighted by molar-refractivity contribution is -0.150. The lowest BCUT2D eigenvalue weighted by atomic mass is 9.80. The zero-order valence-corrected chi connectivity index (χ0v) is 19.9. The van der Waals surface area contributed by atoms with Crippen LogP contribution < -0.4 is 5.32 Å². The summed E-state index contributed by atoms with van der Waals surface area (Å²) in [4.78, 5) is 42.8. The van der Waals surface area contributed by atoms with E-state index in [1.165, 1.54) is 29.0 Å². The van der Waals surface area contributed by atoms with Gasteiger partial charge < -0.3 is 20.2 Å². The summed E-state index contributed by atoms with van der Waals surface area (Å²) < 4.78 is 13.3. The van der Waals surface area contributed by atoms with Crippen molar-refractivity contribution in [3.8, 4) is 6.07 Å². The molecule has 2 N–H and O–H groups in total. The van der Waals surface area contributed by atoms with Crippen LogP contribution in [0, 0.1) is 23.1 Å². The average molecular weight is 491 g/mol. The molecule has 1 spiro atoms. The Balaban J connectivity index is 1.42. The van der Waals surface area contributed by atoms with Gasteiger partial charge in [-0.15, -0.1) is 0 Å². The lowest BCUT2D eigenvalue weighted by Gasteiger charge is -2.33. The van der Waals surface area contributed by atoms with Crippen molar-refractivity contribution in [2.24, 2.45) is 5.92 Å². The molecule has 9 heteroatoms. The third kappa shape index (κ3) is 4.01. The van der Waals surface area contributed by atoms with Gasteiger partial charge >= 0.3 is 0 Å². The Labute approximate surface area is 208 Å². The maximum atomic E-state index is 13.9. The maximum absolute atomic E-state index is 13.9. The van der Waals surface area contributed by atoms with Crippen LogP contribution in [-0.4, -0.2) is 58.3 Å². The Morgan fingerprint density at radius 2 is 1.94 bits per heavy atom. The summed E-state index contributed by atoms with van der Waals surface area (Å²) in [5.41, 5.74) is 0.644. The first-order valence-corrected chi connectivity index (χ1v) is 12.1. The van der Waals surface area contributed by atoms with E-state index in [9.17, 15) is 29.1 Å². The minimum Gasteiger partial charge on any atom is -0.378 e. The molecule has 2 aromatic carbocycles. The van der Waals surface area contributed by atoms with E-state index in [4.69, 9.17) is 0 Å². The number of halogens is 1. The van der Waals surface area contributed by atoms with Crippen LogP contribution in [-0.2, 0) is 19.8 Å². The number of rotatable bonds is 6. The number of amides is 3. The largest absolute Gasteiger partial charge is 0.378 e. The number of anilines is 1. The molecule has 0 radical (unpaired) electrons. The number of hydrogen-bond donors (Lipinski definition) is 2.